The highest BCUT2D eigenvalue weighted by Gasteiger charge is 2.11. The first kappa shape index (κ1) is 14.4. The van der Waals surface area contributed by atoms with Gasteiger partial charge in [-0.2, -0.15) is 0 Å². The van der Waals surface area contributed by atoms with Gasteiger partial charge in [0.15, 0.2) is 5.11 Å². The van der Waals surface area contributed by atoms with E-state index in [0.29, 0.717) is 22.3 Å². The molecule has 0 unspecified atom stereocenters. The van der Waals surface area contributed by atoms with Gasteiger partial charge in [0.2, 0.25) is 0 Å². The summed E-state index contributed by atoms with van der Waals surface area (Å²) in [5, 5.41) is 17.3. The Morgan fingerprint density at radius 3 is 2.72 bits per heavy atom. The van der Waals surface area contributed by atoms with Gasteiger partial charge in [0.25, 0.3) is 5.69 Å². The molecule has 0 amide bonds. The van der Waals surface area contributed by atoms with Gasteiger partial charge in [0.1, 0.15) is 0 Å². The molecule has 1 aromatic carbocycles. The highest BCUT2D eigenvalue weighted by Crippen LogP contribution is 2.22. The van der Waals surface area contributed by atoms with Crippen LogP contribution in [0.5, 0.6) is 0 Å². The first-order chi connectivity index (χ1) is 8.40. The van der Waals surface area contributed by atoms with Crippen LogP contribution in [0, 0.1) is 23.0 Å². The number of rotatable bonds is 4. The second-order valence-corrected chi connectivity index (χ2v) is 4.90. The van der Waals surface area contributed by atoms with Gasteiger partial charge < -0.3 is 10.6 Å². The summed E-state index contributed by atoms with van der Waals surface area (Å²) in [6.45, 7) is 6.62. The van der Waals surface area contributed by atoms with E-state index >= 15 is 0 Å². The van der Waals surface area contributed by atoms with E-state index in [0.717, 1.165) is 6.54 Å². The molecule has 0 fully saturated rings. The number of nitro benzene ring substituents is 1. The average molecular weight is 267 g/mol. The molecule has 2 N–H and O–H groups in total. The Labute approximate surface area is 112 Å². The van der Waals surface area contributed by atoms with Crippen LogP contribution < -0.4 is 10.6 Å². The zero-order chi connectivity index (χ0) is 13.7. The molecule has 0 heterocycles. The standard InChI is InChI=1S/C12H17N3O2S/c1-8(2)7-13-12(18)14-10-5-4-9(3)11(6-10)15(16)17/h4-6,8H,7H2,1-3H3,(H2,13,14,18). The lowest BCUT2D eigenvalue weighted by Crippen LogP contribution is -2.31. The monoisotopic (exact) mass is 267 g/mol. The first-order valence-corrected chi connectivity index (χ1v) is 6.11. The summed E-state index contributed by atoms with van der Waals surface area (Å²) in [5.74, 6) is 0.483. The highest BCUT2D eigenvalue weighted by molar-refractivity contribution is 7.80. The van der Waals surface area contributed by atoms with Crippen molar-refractivity contribution in [3.8, 4) is 0 Å². The van der Waals surface area contributed by atoms with Crippen LogP contribution >= 0.6 is 12.2 Å². The predicted molar refractivity (Wildman–Crippen MR) is 76.9 cm³/mol. The highest BCUT2D eigenvalue weighted by atomic mass is 32.1. The zero-order valence-corrected chi connectivity index (χ0v) is 11.5. The van der Waals surface area contributed by atoms with E-state index in [1.165, 1.54) is 6.07 Å². The van der Waals surface area contributed by atoms with Crippen molar-refractivity contribution in [1.29, 1.82) is 0 Å². The van der Waals surface area contributed by atoms with Crippen molar-refractivity contribution in [2.45, 2.75) is 20.8 Å². The molecule has 0 spiro atoms. The van der Waals surface area contributed by atoms with E-state index in [-0.39, 0.29) is 5.69 Å². The fourth-order valence-electron chi connectivity index (χ4n) is 1.36. The van der Waals surface area contributed by atoms with Crippen LogP contribution in [0.1, 0.15) is 19.4 Å². The summed E-state index contributed by atoms with van der Waals surface area (Å²) in [7, 11) is 0. The van der Waals surface area contributed by atoms with E-state index < -0.39 is 4.92 Å². The number of benzene rings is 1. The fraction of sp³-hybridized carbons (Fsp3) is 0.417. The van der Waals surface area contributed by atoms with Crippen LogP contribution in [0.4, 0.5) is 11.4 Å². The van der Waals surface area contributed by atoms with Gasteiger partial charge in [-0.05, 0) is 31.1 Å². The molecule has 0 aromatic heterocycles. The molecule has 98 valence electrons. The summed E-state index contributed by atoms with van der Waals surface area (Å²) >= 11 is 5.10. The second kappa shape index (κ2) is 6.30. The molecule has 18 heavy (non-hydrogen) atoms. The van der Waals surface area contributed by atoms with Crippen molar-refractivity contribution in [1.82, 2.24) is 5.32 Å². The molecule has 6 heteroatoms. The molecule has 1 aromatic rings. The van der Waals surface area contributed by atoms with E-state index in [1.54, 1.807) is 19.1 Å². The number of nitrogens with one attached hydrogen (secondary N) is 2. The summed E-state index contributed by atoms with van der Waals surface area (Å²) in [5.41, 5.74) is 1.34. The molecule has 0 saturated carbocycles. The van der Waals surface area contributed by atoms with E-state index in [2.05, 4.69) is 24.5 Å². The summed E-state index contributed by atoms with van der Waals surface area (Å²) < 4.78 is 0. The topological polar surface area (TPSA) is 67.2 Å². The van der Waals surface area contributed by atoms with Crippen molar-refractivity contribution in [3.63, 3.8) is 0 Å². The number of hydrogen-bond acceptors (Lipinski definition) is 3. The van der Waals surface area contributed by atoms with Crippen LogP contribution in [0.2, 0.25) is 0 Å². The number of nitrogens with zero attached hydrogens (tertiary/aromatic N) is 1. The minimum absolute atomic E-state index is 0.0895. The molecular weight excluding hydrogens is 250 g/mol. The Bertz CT molecular complexity index is 461. The van der Waals surface area contributed by atoms with Crippen LogP contribution in [-0.2, 0) is 0 Å². The smallest absolute Gasteiger partial charge is 0.274 e. The minimum atomic E-state index is -0.398. The number of nitro groups is 1. The maximum atomic E-state index is 10.8. The van der Waals surface area contributed by atoms with E-state index in [9.17, 15) is 10.1 Å². The summed E-state index contributed by atoms with van der Waals surface area (Å²) in [6, 6.07) is 4.95. The van der Waals surface area contributed by atoms with E-state index in [1.807, 2.05) is 0 Å². The predicted octanol–water partition coefficient (Wildman–Crippen LogP) is 2.85. The molecule has 1 rings (SSSR count). The Morgan fingerprint density at radius 2 is 2.17 bits per heavy atom. The van der Waals surface area contributed by atoms with Crippen LogP contribution in [0.15, 0.2) is 18.2 Å². The van der Waals surface area contributed by atoms with Gasteiger partial charge in [-0.15, -0.1) is 0 Å². The molecule has 0 aliphatic rings. The van der Waals surface area contributed by atoms with Crippen molar-refractivity contribution in [2.75, 3.05) is 11.9 Å². The third-order valence-electron chi connectivity index (χ3n) is 2.33. The van der Waals surface area contributed by atoms with Gasteiger partial charge in [0, 0.05) is 23.9 Å². The number of hydrogen-bond donors (Lipinski definition) is 2. The number of anilines is 1. The second-order valence-electron chi connectivity index (χ2n) is 4.49. The molecule has 0 atom stereocenters. The summed E-state index contributed by atoms with van der Waals surface area (Å²) in [4.78, 5) is 10.4. The van der Waals surface area contributed by atoms with Gasteiger partial charge in [0.05, 0.1) is 4.92 Å². The average Bonchev–Trinajstić information content (AvgIpc) is 2.28. The molecule has 5 nitrogen and oxygen atoms in total. The number of aryl methyl sites for hydroxylation is 1. The third-order valence-corrected chi connectivity index (χ3v) is 2.58. The lowest BCUT2D eigenvalue weighted by molar-refractivity contribution is -0.385. The largest absolute Gasteiger partial charge is 0.362 e. The SMILES string of the molecule is Cc1ccc(NC(=S)NCC(C)C)cc1[N+](=O)[O-]. The van der Waals surface area contributed by atoms with Crippen molar-refractivity contribution >= 4 is 28.7 Å². The molecule has 0 aliphatic heterocycles. The maximum absolute atomic E-state index is 10.8. The van der Waals surface area contributed by atoms with Gasteiger partial charge in [-0.25, -0.2) is 0 Å². The number of thiocarbonyl (C=S) groups is 1. The van der Waals surface area contributed by atoms with Crippen LogP contribution in [0.25, 0.3) is 0 Å². The van der Waals surface area contributed by atoms with Gasteiger partial charge >= 0.3 is 0 Å². The molecule has 0 bridgehead atoms. The summed E-state index contributed by atoms with van der Waals surface area (Å²) in [6.07, 6.45) is 0. The Morgan fingerprint density at radius 1 is 1.50 bits per heavy atom. The van der Waals surface area contributed by atoms with Crippen LogP contribution in [0.3, 0.4) is 0 Å². The van der Waals surface area contributed by atoms with Gasteiger partial charge in [-0.1, -0.05) is 19.9 Å². The van der Waals surface area contributed by atoms with Gasteiger partial charge in [-0.3, -0.25) is 10.1 Å². The Kier molecular flexibility index (Phi) is 5.03. The Hall–Kier alpha value is -1.69. The third kappa shape index (κ3) is 4.29. The lowest BCUT2D eigenvalue weighted by atomic mass is 10.2. The van der Waals surface area contributed by atoms with Crippen molar-refractivity contribution in [3.05, 3.63) is 33.9 Å². The molecule has 0 aliphatic carbocycles. The van der Waals surface area contributed by atoms with Crippen molar-refractivity contribution in [2.24, 2.45) is 5.92 Å². The molecule has 0 radical (unpaired) electrons. The maximum Gasteiger partial charge on any atom is 0.274 e. The zero-order valence-electron chi connectivity index (χ0n) is 10.7. The van der Waals surface area contributed by atoms with E-state index in [4.69, 9.17) is 12.2 Å². The first-order valence-electron chi connectivity index (χ1n) is 5.70. The lowest BCUT2D eigenvalue weighted by Gasteiger charge is -2.12. The fourth-order valence-corrected chi connectivity index (χ4v) is 1.56. The Balaban J connectivity index is 2.70. The normalized spacial score (nSPS) is 10.2. The molecule has 0 saturated heterocycles. The van der Waals surface area contributed by atoms with Crippen molar-refractivity contribution < 1.29 is 4.92 Å². The quantitative estimate of drug-likeness (QED) is 0.499. The molecular formula is C12H17N3O2S. The minimum Gasteiger partial charge on any atom is -0.362 e. The van der Waals surface area contributed by atoms with Crippen LogP contribution in [-0.4, -0.2) is 16.6 Å².